The maximum absolute atomic E-state index is 14.7. The minimum atomic E-state index is -1.53. The monoisotopic (exact) mass is 795 g/mol. The molecule has 3 aromatic rings. The summed E-state index contributed by atoms with van der Waals surface area (Å²) in [6.45, 7) is 3.48. The molecule has 5 fully saturated rings. The average Bonchev–Trinajstić information content (AvgIpc) is 3.88. The summed E-state index contributed by atoms with van der Waals surface area (Å²) in [5, 5.41) is 16.0. The summed E-state index contributed by atoms with van der Waals surface area (Å²) in [6.07, 6.45) is -1.96. The first-order valence-electron chi connectivity index (χ1n) is 19.4. The first-order chi connectivity index (χ1) is 28.0. The van der Waals surface area contributed by atoms with E-state index >= 15 is 0 Å². The van der Waals surface area contributed by atoms with Crippen LogP contribution in [0.5, 0.6) is 0 Å². The quantitative estimate of drug-likeness (QED) is 0.130. The molecule has 4 aliphatic heterocycles. The summed E-state index contributed by atoms with van der Waals surface area (Å²) in [5.41, 5.74) is 0.406. The van der Waals surface area contributed by atoms with Crippen LogP contribution in [-0.2, 0) is 64.8 Å². The van der Waals surface area contributed by atoms with Crippen molar-refractivity contribution in [3.63, 3.8) is 0 Å². The van der Waals surface area contributed by atoms with Gasteiger partial charge >= 0.3 is 17.9 Å². The van der Waals surface area contributed by atoms with Crippen molar-refractivity contribution in [1.82, 2.24) is 15.7 Å². The molecule has 3 N–H and O–H groups in total. The maximum Gasteiger partial charge on any atom is 0.348 e. The lowest BCUT2D eigenvalue weighted by molar-refractivity contribution is -0.213. The van der Waals surface area contributed by atoms with Crippen molar-refractivity contribution in [1.29, 1.82) is 0 Å². The average molecular weight is 796 g/mol. The fourth-order valence-electron chi connectivity index (χ4n) is 8.68. The van der Waals surface area contributed by atoms with Gasteiger partial charge in [0.25, 0.3) is 0 Å². The van der Waals surface area contributed by atoms with Crippen LogP contribution in [0.4, 0.5) is 0 Å². The third-order valence-corrected chi connectivity index (χ3v) is 11.5. The fourth-order valence-corrected chi connectivity index (χ4v) is 8.68. The molecule has 4 heterocycles. The van der Waals surface area contributed by atoms with Gasteiger partial charge in [-0.1, -0.05) is 98.8 Å². The number of aliphatic hydroxyl groups excluding tert-OH is 1. The molecule has 4 saturated heterocycles. The standard InChI is InChI=1S/C43H45N3O12/c1-41(2)25-53-39(51)37(41)55-32(49)18-17-26-11-9-10-12-27(26)24-46-35-38(50)54-30-23-42(35,40(52)45-20-19-31(48)44-21-22-47)36(58-46)34-33(30)56-43(57-34,28-13-5-3-6-14-28)29-15-7-4-8-16-29/h3-18,30,33-37,47H,19-25H2,1-2H3,(H,44,48)(H,45,52)/t30-,33+,34+,35+,36-,37+,42+/m1/s1. The highest BCUT2D eigenvalue weighted by Gasteiger charge is 2.76. The maximum atomic E-state index is 14.7. The van der Waals surface area contributed by atoms with Crippen molar-refractivity contribution in [2.75, 3.05) is 26.3 Å². The molecule has 7 atom stereocenters. The van der Waals surface area contributed by atoms with E-state index in [4.69, 9.17) is 33.6 Å². The molecule has 2 amide bonds. The number of aliphatic hydroxyl groups is 1. The predicted molar refractivity (Wildman–Crippen MR) is 202 cm³/mol. The molecule has 15 heteroatoms. The Bertz CT molecular complexity index is 2050. The summed E-state index contributed by atoms with van der Waals surface area (Å²) in [6, 6.07) is 24.7. The third kappa shape index (κ3) is 6.96. The van der Waals surface area contributed by atoms with Crippen LogP contribution < -0.4 is 10.6 Å². The summed E-state index contributed by atoms with van der Waals surface area (Å²) < 4.78 is 30.6. The first-order valence-corrected chi connectivity index (χ1v) is 19.4. The molecule has 304 valence electrons. The minimum absolute atomic E-state index is 0.0160. The second-order valence-electron chi connectivity index (χ2n) is 15.8. The predicted octanol–water partition coefficient (Wildman–Crippen LogP) is 2.29. The van der Waals surface area contributed by atoms with Crippen LogP contribution in [0.1, 0.15) is 48.9 Å². The molecule has 1 saturated carbocycles. The van der Waals surface area contributed by atoms with Gasteiger partial charge in [0, 0.05) is 48.5 Å². The van der Waals surface area contributed by atoms with Crippen molar-refractivity contribution in [3.05, 3.63) is 113 Å². The highest BCUT2D eigenvalue weighted by Crippen LogP contribution is 2.59. The van der Waals surface area contributed by atoms with Gasteiger partial charge in [-0.15, -0.1) is 0 Å². The molecule has 0 aromatic heterocycles. The highest BCUT2D eigenvalue weighted by atomic mass is 16.8. The molecule has 0 spiro atoms. The van der Waals surface area contributed by atoms with Crippen molar-refractivity contribution in [2.24, 2.45) is 10.8 Å². The largest absolute Gasteiger partial charge is 0.462 e. The lowest BCUT2D eigenvalue weighted by atomic mass is 9.62. The number of amides is 2. The van der Waals surface area contributed by atoms with Gasteiger partial charge in [-0.2, -0.15) is 5.06 Å². The van der Waals surface area contributed by atoms with E-state index in [0.29, 0.717) is 22.3 Å². The van der Waals surface area contributed by atoms with E-state index in [2.05, 4.69) is 10.6 Å². The number of carbonyl (C=O) groups is 5. The Labute approximate surface area is 334 Å². The van der Waals surface area contributed by atoms with Crippen LogP contribution in [0.3, 0.4) is 0 Å². The molecule has 1 aliphatic carbocycles. The Hall–Kier alpha value is -5.45. The van der Waals surface area contributed by atoms with Crippen LogP contribution >= 0.6 is 0 Å². The number of benzene rings is 3. The first kappa shape index (κ1) is 39.4. The number of hydroxylamine groups is 2. The molecule has 58 heavy (non-hydrogen) atoms. The molecule has 8 rings (SSSR count). The number of rotatable bonds is 13. The Morgan fingerprint density at radius 1 is 0.879 bits per heavy atom. The zero-order valence-electron chi connectivity index (χ0n) is 32.0. The van der Waals surface area contributed by atoms with Crippen LogP contribution in [0.15, 0.2) is 91.0 Å². The number of hydrogen-bond acceptors (Lipinski definition) is 13. The molecular formula is C43H45N3O12. The molecule has 15 nitrogen and oxygen atoms in total. The molecule has 0 radical (unpaired) electrons. The van der Waals surface area contributed by atoms with Gasteiger partial charge in [0.2, 0.25) is 23.7 Å². The van der Waals surface area contributed by atoms with Gasteiger partial charge in [0.1, 0.15) is 36.4 Å². The number of esters is 3. The van der Waals surface area contributed by atoms with E-state index in [1.807, 2.05) is 60.7 Å². The summed E-state index contributed by atoms with van der Waals surface area (Å²) in [4.78, 5) is 73.3. The van der Waals surface area contributed by atoms with E-state index in [1.165, 1.54) is 11.1 Å². The van der Waals surface area contributed by atoms with Gasteiger partial charge in [0.15, 0.2) is 6.04 Å². The number of nitrogens with one attached hydrogen (secondary N) is 2. The number of cyclic esters (lactones) is 1. The summed E-state index contributed by atoms with van der Waals surface area (Å²) >= 11 is 0. The molecule has 5 aliphatic rings. The second kappa shape index (κ2) is 15.7. The second-order valence-corrected chi connectivity index (χ2v) is 15.8. The zero-order chi connectivity index (χ0) is 40.7. The number of hydrogen-bond donors (Lipinski definition) is 3. The summed E-state index contributed by atoms with van der Waals surface area (Å²) in [7, 11) is 0. The van der Waals surface area contributed by atoms with Gasteiger partial charge in [-0.3, -0.25) is 19.2 Å². The Morgan fingerprint density at radius 3 is 2.22 bits per heavy atom. The van der Waals surface area contributed by atoms with Crippen LogP contribution in [0, 0.1) is 10.8 Å². The number of nitrogens with zero attached hydrogens (tertiary/aromatic N) is 1. The van der Waals surface area contributed by atoms with Gasteiger partial charge < -0.3 is 39.4 Å². The van der Waals surface area contributed by atoms with Gasteiger partial charge in [0.05, 0.1) is 13.2 Å². The minimum Gasteiger partial charge on any atom is -0.462 e. The van der Waals surface area contributed by atoms with Gasteiger partial charge in [-0.25, -0.2) is 9.59 Å². The van der Waals surface area contributed by atoms with Crippen LogP contribution in [-0.4, -0.2) is 103 Å². The van der Waals surface area contributed by atoms with Crippen LogP contribution in [0.25, 0.3) is 6.08 Å². The van der Waals surface area contributed by atoms with Crippen molar-refractivity contribution in [2.45, 2.75) is 75.6 Å². The lowest BCUT2D eigenvalue weighted by Gasteiger charge is -2.48. The van der Waals surface area contributed by atoms with E-state index in [1.54, 1.807) is 44.2 Å². The smallest absolute Gasteiger partial charge is 0.348 e. The van der Waals surface area contributed by atoms with E-state index in [9.17, 15) is 24.0 Å². The molecule has 0 unspecified atom stereocenters. The van der Waals surface area contributed by atoms with E-state index < -0.39 is 77.0 Å². The lowest BCUT2D eigenvalue weighted by Crippen LogP contribution is -2.69. The Balaban J connectivity index is 1.12. The molecule has 2 bridgehead atoms. The van der Waals surface area contributed by atoms with Crippen LogP contribution in [0.2, 0.25) is 0 Å². The Kier molecular flexibility index (Phi) is 10.7. The Morgan fingerprint density at radius 2 is 1.55 bits per heavy atom. The molecular weight excluding hydrogens is 750 g/mol. The normalized spacial score (nSPS) is 29.0. The topological polar surface area (TPSA) is 188 Å². The van der Waals surface area contributed by atoms with Crippen molar-refractivity contribution in [3.8, 4) is 0 Å². The zero-order valence-corrected chi connectivity index (χ0v) is 32.0. The fraction of sp³-hybridized carbons (Fsp3) is 0.419. The SMILES string of the molecule is CC1(C)COC(=O)[C@@H]1OC(=O)C=Cc1ccccc1CN1O[C@@H]2[C@H]3OC(c4ccccc4)(c4ccccc4)O[C@H]3[C@H]3C[C@]2(C(=O)NCCC(=O)NCCO)[C@@H]1C(=O)O3. The molecule has 3 aromatic carbocycles. The number of fused-ring (bicyclic) bond motifs is 4. The van der Waals surface area contributed by atoms with Crippen molar-refractivity contribution < 1.29 is 57.6 Å². The number of carbonyl (C=O) groups excluding carboxylic acids is 5. The van der Waals surface area contributed by atoms with E-state index in [0.717, 1.165) is 0 Å². The van der Waals surface area contributed by atoms with Gasteiger partial charge in [-0.05, 0) is 17.2 Å². The van der Waals surface area contributed by atoms with Crippen molar-refractivity contribution >= 4 is 35.8 Å². The number of ether oxygens (including phenoxy) is 5. The van der Waals surface area contributed by atoms with E-state index in [-0.39, 0.29) is 51.6 Å². The highest BCUT2D eigenvalue weighted by molar-refractivity contribution is 5.94. The third-order valence-electron chi connectivity index (χ3n) is 11.5. The summed E-state index contributed by atoms with van der Waals surface area (Å²) in [5.74, 6) is -4.33.